The van der Waals surface area contributed by atoms with Gasteiger partial charge in [-0.05, 0) is 10.8 Å². The number of nitrogens with zero attached hydrogens (tertiary/aromatic N) is 2. The van der Waals surface area contributed by atoms with Crippen LogP contribution in [0.5, 0.6) is 0 Å². The summed E-state index contributed by atoms with van der Waals surface area (Å²) in [6.07, 6.45) is 2.71. The first-order valence-electron chi connectivity index (χ1n) is 2.16. The molecule has 0 aliphatic heterocycles. The third-order valence-electron chi connectivity index (χ3n) is 0.442. The van der Waals surface area contributed by atoms with Crippen LogP contribution in [0.1, 0.15) is 0 Å². The van der Waals surface area contributed by atoms with Crippen LogP contribution in [0.4, 0.5) is 0 Å². The highest BCUT2D eigenvalue weighted by atomic mass is 32.2. The Hall–Kier alpha value is -1.19. The zero-order valence-electron chi connectivity index (χ0n) is 4.61. The van der Waals surface area contributed by atoms with E-state index in [9.17, 15) is 0 Å². The molecule has 0 spiro atoms. The number of hydrogen-bond acceptors (Lipinski definition) is 3. The lowest BCUT2D eigenvalue weighted by atomic mass is 10.7. The lowest BCUT2D eigenvalue weighted by Crippen LogP contribution is -1.44. The van der Waals surface area contributed by atoms with Crippen molar-refractivity contribution in [3.63, 3.8) is 0 Å². The molecule has 0 N–H and O–H groups in total. The maximum absolute atomic E-state index is 7.98. The molecule has 0 saturated carbocycles. The van der Waals surface area contributed by atoms with Gasteiger partial charge in [0, 0.05) is 12.2 Å². The predicted molar refractivity (Wildman–Crippen MR) is 37.1 cm³/mol. The van der Waals surface area contributed by atoms with Gasteiger partial charge in [-0.25, -0.2) is 0 Å². The smallest absolute Gasteiger partial charge is 0.0917 e. The molecule has 0 aromatic carbocycles. The fourth-order valence-corrected chi connectivity index (χ4v) is 0.554. The Morgan fingerprint density at radius 3 is 1.78 bits per heavy atom. The molecular weight excluding hydrogens is 132 g/mol. The molecule has 0 aliphatic rings. The Morgan fingerprint density at radius 1 is 1.00 bits per heavy atom. The summed E-state index contributed by atoms with van der Waals surface area (Å²) in [6, 6.07) is 3.65. The molecule has 0 radical (unpaired) electrons. The minimum absolute atomic E-state index is 1.30. The molecule has 0 heterocycles. The molecule has 0 rings (SSSR count). The van der Waals surface area contributed by atoms with Crippen LogP contribution in [0.15, 0.2) is 23.0 Å². The van der Waals surface area contributed by atoms with Gasteiger partial charge in [0.15, 0.2) is 0 Å². The van der Waals surface area contributed by atoms with Crippen LogP contribution in [-0.2, 0) is 0 Å². The van der Waals surface area contributed by atoms with E-state index >= 15 is 0 Å². The van der Waals surface area contributed by atoms with Crippen molar-refractivity contribution in [3.05, 3.63) is 23.0 Å². The fraction of sp³-hybridized carbons (Fsp3) is 0. The molecule has 44 valence electrons. The predicted octanol–water partition coefficient (Wildman–Crippen LogP) is 1.79. The van der Waals surface area contributed by atoms with Crippen LogP contribution >= 0.6 is 11.8 Å². The number of nitriles is 2. The largest absolute Gasteiger partial charge is 0.193 e. The van der Waals surface area contributed by atoms with E-state index in [1.54, 1.807) is 10.8 Å². The summed E-state index contributed by atoms with van der Waals surface area (Å²) in [5.41, 5.74) is 0. The van der Waals surface area contributed by atoms with Crippen LogP contribution in [0.25, 0.3) is 0 Å². The Morgan fingerprint density at radius 2 is 1.44 bits per heavy atom. The highest BCUT2D eigenvalue weighted by molar-refractivity contribution is 8.04. The average Bonchev–Trinajstić information content (AvgIpc) is 1.89. The van der Waals surface area contributed by atoms with Crippen LogP contribution in [0.2, 0.25) is 0 Å². The first kappa shape index (κ1) is 7.81. The summed E-state index contributed by atoms with van der Waals surface area (Å²) in [5.74, 6) is 0. The van der Waals surface area contributed by atoms with Crippen molar-refractivity contribution in [2.24, 2.45) is 0 Å². The van der Waals surface area contributed by atoms with Crippen molar-refractivity contribution in [3.8, 4) is 12.1 Å². The molecular formula is C6H4N2S. The summed E-state index contributed by atoms with van der Waals surface area (Å²) in [4.78, 5) is 0. The quantitative estimate of drug-likeness (QED) is 0.544. The molecule has 0 bridgehead atoms. The molecule has 0 atom stereocenters. The van der Waals surface area contributed by atoms with E-state index < -0.39 is 0 Å². The molecule has 0 aromatic heterocycles. The van der Waals surface area contributed by atoms with Gasteiger partial charge in [0.25, 0.3) is 0 Å². The van der Waals surface area contributed by atoms with Gasteiger partial charge in [-0.2, -0.15) is 10.5 Å². The number of thioether (sulfide) groups is 1. The van der Waals surface area contributed by atoms with E-state index in [1.807, 2.05) is 12.1 Å². The molecule has 2 nitrogen and oxygen atoms in total. The lowest BCUT2D eigenvalue weighted by Gasteiger charge is -1.71. The summed E-state index contributed by atoms with van der Waals surface area (Å²) >= 11 is 1.30. The van der Waals surface area contributed by atoms with E-state index in [1.165, 1.54) is 23.9 Å². The third-order valence-corrected chi connectivity index (χ3v) is 1.03. The zero-order chi connectivity index (χ0) is 6.95. The minimum Gasteiger partial charge on any atom is -0.193 e. The van der Waals surface area contributed by atoms with Crippen LogP contribution in [0.3, 0.4) is 0 Å². The van der Waals surface area contributed by atoms with Crippen molar-refractivity contribution in [1.82, 2.24) is 0 Å². The maximum Gasteiger partial charge on any atom is 0.0917 e. The first-order valence-corrected chi connectivity index (χ1v) is 3.11. The third kappa shape index (κ3) is 6.81. The van der Waals surface area contributed by atoms with E-state index in [4.69, 9.17) is 10.5 Å². The van der Waals surface area contributed by atoms with E-state index in [-0.39, 0.29) is 0 Å². The van der Waals surface area contributed by atoms with Crippen LogP contribution < -0.4 is 0 Å². The number of hydrogen-bond donors (Lipinski definition) is 0. The molecule has 0 aromatic rings. The van der Waals surface area contributed by atoms with E-state index in [0.717, 1.165) is 0 Å². The summed E-state index contributed by atoms with van der Waals surface area (Å²) in [6.45, 7) is 0. The molecule has 0 unspecified atom stereocenters. The van der Waals surface area contributed by atoms with Crippen molar-refractivity contribution >= 4 is 11.8 Å². The fourth-order valence-electron chi connectivity index (χ4n) is 0.185. The highest BCUT2D eigenvalue weighted by Crippen LogP contribution is 2.01. The lowest BCUT2D eigenvalue weighted by molar-refractivity contribution is 1.54. The molecule has 0 fully saturated rings. The second-order valence-electron chi connectivity index (χ2n) is 1.000. The van der Waals surface area contributed by atoms with Gasteiger partial charge in [0.2, 0.25) is 0 Å². The van der Waals surface area contributed by atoms with Crippen molar-refractivity contribution in [1.29, 1.82) is 10.5 Å². The van der Waals surface area contributed by atoms with Gasteiger partial charge in [-0.15, -0.1) is 11.8 Å². The second kappa shape index (κ2) is 6.81. The summed E-state index contributed by atoms with van der Waals surface area (Å²) in [5, 5.41) is 19.2. The molecule has 9 heavy (non-hydrogen) atoms. The van der Waals surface area contributed by atoms with Gasteiger partial charge >= 0.3 is 0 Å². The minimum atomic E-state index is 1.30. The Kier molecular flexibility index (Phi) is 5.91. The Bertz CT molecular complexity index is 170. The van der Waals surface area contributed by atoms with Gasteiger partial charge in [0.1, 0.15) is 0 Å². The van der Waals surface area contributed by atoms with Crippen LogP contribution in [0, 0.1) is 22.7 Å². The standard InChI is InChI=1S/C6H4N2S/c7-3-1-5-9-6-2-4-8/h1-2,5-6H/b5-1-,6-2-. The van der Waals surface area contributed by atoms with Crippen molar-refractivity contribution in [2.45, 2.75) is 0 Å². The van der Waals surface area contributed by atoms with E-state index in [2.05, 4.69) is 0 Å². The SMILES string of the molecule is N#C/C=C\S/C=C\C#N. The summed E-state index contributed by atoms with van der Waals surface area (Å²) < 4.78 is 0. The van der Waals surface area contributed by atoms with Crippen molar-refractivity contribution in [2.75, 3.05) is 0 Å². The Labute approximate surface area is 58.1 Å². The van der Waals surface area contributed by atoms with Gasteiger partial charge in [-0.3, -0.25) is 0 Å². The van der Waals surface area contributed by atoms with Gasteiger partial charge in [-0.1, -0.05) is 0 Å². The van der Waals surface area contributed by atoms with Crippen molar-refractivity contribution < 1.29 is 0 Å². The first-order chi connectivity index (χ1) is 4.41. The normalized spacial score (nSPS) is 9.56. The molecule has 0 saturated heterocycles. The van der Waals surface area contributed by atoms with Gasteiger partial charge < -0.3 is 0 Å². The van der Waals surface area contributed by atoms with E-state index in [0.29, 0.717) is 0 Å². The highest BCUT2D eigenvalue weighted by Gasteiger charge is 1.67. The number of allylic oxidation sites excluding steroid dienone is 2. The topological polar surface area (TPSA) is 47.6 Å². The van der Waals surface area contributed by atoms with Crippen LogP contribution in [-0.4, -0.2) is 0 Å². The Balaban J connectivity index is 3.35. The molecule has 3 heteroatoms. The number of rotatable bonds is 2. The maximum atomic E-state index is 7.98. The summed E-state index contributed by atoms with van der Waals surface area (Å²) in [7, 11) is 0. The average molecular weight is 136 g/mol. The second-order valence-corrected chi connectivity index (χ2v) is 1.82. The van der Waals surface area contributed by atoms with Gasteiger partial charge in [0.05, 0.1) is 12.1 Å². The molecule has 0 amide bonds. The zero-order valence-corrected chi connectivity index (χ0v) is 5.43. The monoisotopic (exact) mass is 136 g/mol. The molecule has 0 aliphatic carbocycles.